The molecule has 2 aromatic rings. The predicted molar refractivity (Wildman–Crippen MR) is 92.6 cm³/mol. The summed E-state index contributed by atoms with van der Waals surface area (Å²) in [6, 6.07) is 5.61. The molecule has 1 aliphatic rings. The van der Waals surface area contributed by atoms with Crippen LogP contribution in [0.25, 0.3) is 10.9 Å². The summed E-state index contributed by atoms with van der Waals surface area (Å²) >= 11 is 3.41. The maximum absolute atomic E-state index is 12.2. The third kappa shape index (κ3) is 3.14. The third-order valence-electron chi connectivity index (χ3n) is 4.05. The maximum Gasteiger partial charge on any atom is 0.253 e. The van der Waals surface area contributed by atoms with Crippen LogP contribution in [0.4, 0.5) is 0 Å². The SMILES string of the molecule is CNC(=O)c1cn(CC(=O)NC2CN(C=O)C2)c2ccc(Br)cc12. The predicted octanol–water partition coefficient (Wildman–Crippen LogP) is 0.720. The second-order valence-corrected chi connectivity index (χ2v) is 6.65. The van der Waals surface area contributed by atoms with E-state index >= 15 is 0 Å². The first-order valence-corrected chi connectivity index (χ1v) is 8.30. The third-order valence-corrected chi connectivity index (χ3v) is 4.55. The van der Waals surface area contributed by atoms with Gasteiger partial charge in [-0.25, -0.2) is 0 Å². The molecular weight excluding hydrogens is 376 g/mol. The van der Waals surface area contributed by atoms with Crippen LogP contribution in [-0.2, 0) is 16.1 Å². The molecule has 0 unspecified atom stereocenters. The summed E-state index contributed by atoms with van der Waals surface area (Å²) in [7, 11) is 1.57. The van der Waals surface area contributed by atoms with Crippen molar-refractivity contribution in [2.45, 2.75) is 12.6 Å². The summed E-state index contributed by atoms with van der Waals surface area (Å²) in [5, 5.41) is 6.29. The molecule has 0 saturated carbocycles. The van der Waals surface area contributed by atoms with Crippen LogP contribution in [0.5, 0.6) is 0 Å². The molecule has 3 rings (SSSR count). The van der Waals surface area contributed by atoms with Crippen molar-refractivity contribution >= 4 is 45.1 Å². The van der Waals surface area contributed by atoms with E-state index in [4.69, 9.17) is 0 Å². The van der Waals surface area contributed by atoms with E-state index in [0.717, 1.165) is 21.8 Å². The van der Waals surface area contributed by atoms with E-state index in [1.54, 1.807) is 22.7 Å². The van der Waals surface area contributed by atoms with Crippen LogP contribution in [0.3, 0.4) is 0 Å². The molecule has 8 heteroatoms. The number of benzene rings is 1. The Morgan fingerprint density at radius 3 is 2.79 bits per heavy atom. The molecule has 0 radical (unpaired) electrons. The van der Waals surface area contributed by atoms with Crippen molar-refractivity contribution in [2.75, 3.05) is 20.1 Å². The van der Waals surface area contributed by atoms with Crippen LogP contribution in [0, 0.1) is 0 Å². The molecule has 0 bridgehead atoms. The standard InChI is InChI=1S/C16H17BrN4O3/c1-18-16(24)13-7-21(14-3-2-10(17)4-12(13)14)8-15(23)19-11-5-20(6-11)9-22/h2-4,7,9,11H,5-6,8H2,1H3,(H,18,24)(H,19,23). The summed E-state index contributed by atoms with van der Waals surface area (Å²) in [4.78, 5) is 36.4. The highest BCUT2D eigenvalue weighted by molar-refractivity contribution is 9.10. The summed E-state index contributed by atoms with van der Waals surface area (Å²) in [5.41, 5.74) is 1.34. The number of carbonyl (C=O) groups is 3. The van der Waals surface area contributed by atoms with Gasteiger partial charge in [0.25, 0.3) is 5.91 Å². The van der Waals surface area contributed by atoms with Crippen LogP contribution in [0.15, 0.2) is 28.9 Å². The van der Waals surface area contributed by atoms with Gasteiger partial charge in [0, 0.05) is 41.7 Å². The van der Waals surface area contributed by atoms with Gasteiger partial charge in [-0.1, -0.05) is 15.9 Å². The Balaban J connectivity index is 1.80. The van der Waals surface area contributed by atoms with Gasteiger partial charge in [-0.2, -0.15) is 0 Å². The van der Waals surface area contributed by atoms with E-state index in [9.17, 15) is 14.4 Å². The van der Waals surface area contributed by atoms with Crippen molar-refractivity contribution in [2.24, 2.45) is 0 Å². The van der Waals surface area contributed by atoms with Crippen molar-refractivity contribution < 1.29 is 14.4 Å². The molecule has 1 saturated heterocycles. The van der Waals surface area contributed by atoms with Gasteiger partial charge in [-0.05, 0) is 18.2 Å². The van der Waals surface area contributed by atoms with Crippen molar-refractivity contribution in [1.29, 1.82) is 0 Å². The average molecular weight is 393 g/mol. The normalized spacial score (nSPS) is 14.3. The Hall–Kier alpha value is -2.35. The number of amides is 3. The van der Waals surface area contributed by atoms with Crippen molar-refractivity contribution in [3.8, 4) is 0 Å². The fraction of sp³-hybridized carbons (Fsp3) is 0.312. The number of nitrogens with zero attached hydrogens (tertiary/aromatic N) is 2. The number of aromatic nitrogens is 1. The molecule has 24 heavy (non-hydrogen) atoms. The number of fused-ring (bicyclic) bond motifs is 1. The molecule has 1 aromatic heterocycles. The van der Waals surface area contributed by atoms with Crippen molar-refractivity contribution in [3.63, 3.8) is 0 Å². The molecule has 126 valence electrons. The molecule has 1 aliphatic heterocycles. The van der Waals surface area contributed by atoms with E-state index < -0.39 is 0 Å². The smallest absolute Gasteiger partial charge is 0.253 e. The number of hydrogen-bond acceptors (Lipinski definition) is 3. The maximum atomic E-state index is 12.2. The molecule has 2 heterocycles. The van der Waals surface area contributed by atoms with Crippen LogP contribution >= 0.6 is 15.9 Å². The molecule has 3 amide bonds. The zero-order valence-corrected chi connectivity index (χ0v) is 14.7. The van der Waals surface area contributed by atoms with Gasteiger partial charge >= 0.3 is 0 Å². The van der Waals surface area contributed by atoms with Gasteiger partial charge in [-0.3, -0.25) is 14.4 Å². The monoisotopic (exact) mass is 392 g/mol. The molecule has 0 aliphatic carbocycles. The number of likely N-dealkylation sites (tertiary alicyclic amines) is 1. The van der Waals surface area contributed by atoms with Gasteiger partial charge in [0.05, 0.1) is 11.6 Å². The lowest BCUT2D eigenvalue weighted by molar-refractivity contribution is -0.128. The average Bonchev–Trinajstić information content (AvgIpc) is 2.87. The van der Waals surface area contributed by atoms with Crippen LogP contribution in [0.2, 0.25) is 0 Å². The number of carbonyl (C=O) groups excluding carboxylic acids is 3. The zero-order valence-electron chi connectivity index (χ0n) is 13.1. The van der Waals surface area contributed by atoms with Gasteiger partial charge in [0.2, 0.25) is 12.3 Å². The minimum atomic E-state index is -0.196. The lowest BCUT2D eigenvalue weighted by Crippen LogP contribution is -2.58. The Morgan fingerprint density at radius 2 is 2.12 bits per heavy atom. The first kappa shape index (κ1) is 16.5. The van der Waals surface area contributed by atoms with E-state index in [2.05, 4.69) is 26.6 Å². The Kier molecular flexibility index (Phi) is 4.57. The molecule has 2 N–H and O–H groups in total. The van der Waals surface area contributed by atoms with Crippen LogP contribution in [0.1, 0.15) is 10.4 Å². The summed E-state index contributed by atoms with van der Waals surface area (Å²) in [6.07, 6.45) is 2.46. The number of halogens is 1. The lowest BCUT2D eigenvalue weighted by atomic mass is 10.1. The van der Waals surface area contributed by atoms with E-state index in [1.165, 1.54) is 0 Å². The highest BCUT2D eigenvalue weighted by Crippen LogP contribution is 2.25. The van der Waals surface area contributed by atoms with Crippen molar-refractivity contribution in [3.05, 3.63) is 34.4 Å². The highest BCUT2D eigenvalue weighted by Gasteiger charge is 2.26. The van der Waals surface area contributed by atoms with Crippen LogP contribution in [-0.4, -0.2) is 53.9 Å². The summed E-state index contributed by atoms with van der Waals surface area (Å²) in [5.74, 6) is -0.341. The minimum Gasteiger partial charge on any atom is -0.355 e. The van der Waals surface area contributed by atoms with Crippen LogP contribution < -0.4 is 10.6 Å². The Morgan fingerprint density at radius 1 is 1.38 bits per heavy atom. The fourth-order valence-electron chi connectivity index (χ4n) is 2.83. The second kappa shape index (κ2) is 6.64. The van der Waals surface area contributed by atoms with Crippen molar-refractivity contribution in [1.82, 2.24) is 20.1 Å². The lowest BCUT2D eigenvalue weighted by Gasteiger charge is -2.36. The summed E-state index contributed by atoms with van der Waals surface area (Å²) < 4.78 is 2.63. The fourth-order valence-corrected chi connectivity index (χ4v) is 3.19. The van der Waals surface area contributed by atoms with Gasteiger partial charge in [0.15, 0.2) is 0 Å². The topological polar surface area (TPSA) is 83.4 Å². The van der Waals surface area contributed by atoms with E-state index in [0.29, 0.717) is 18.7 Å². The Labute approximate surface area is 147 Å². The molecule has 1 fully saturated rings. The van der Waals surface area contributed by atoms with Gasteiger partial charge in [-0.15, -0.1) is 0 Å². The van der Waals surface area contributed by atoms with Gasteiger partial charge < -0.3 is 20.1 Å². The minimum absolute atomic E-state index is 0.00270. The number of rotatable bonds is 5. The molecule has 0 atom stereocenters. The number of nitrogens with one attached hydrogen (secondary N) is 2. The largest absolute Gasteiger partial charge is 0.355 e. The second-order valence-electron chi connectivity index (χ2n) is 5.74. The van der Waals surface area contributed by atoms with E-state index in [-0.39, 0.29) is 24.4 Å². The van der Waals surface area contributed by atoms with Gasteiger partial charge in [0.1, 0.15) is 6.54 Å². The Bertz CT molecular complexity index is 811. The first-order valence-electron chi connectivity index (χ1n) is 7.51. The first-order chi connectivity index (χ1) is 11.5. The molecular formula is C16H17BrN4O3. The quantitative estimate of drug-likeness (QED) is 0.735. The highest BCUT2D eigenvalue weighted by atomic mass is 79.9. The molecule has 0 spiro atoms. The molecule has 1 aromatic carbocycles. The number of hydrogen-bond donors (Lipinski definition) is 2. The summed E-state index contributed by atoms with van der Waals surface area (Å²) in [6.45, 7) is 1.20. The zero-order chi connectivity index (χ0) is 17.3. The van der Waals surface area contributed by atoms with E-state index in [1.807, 2.05) is 18.2 Å². The molecule has 7 nitrogen and oxygen atoms in total.